The SMILES string of the molecule is Cn1ccnc1CCNC1CCC(C)(C)C1. The van der Waals surface area contributed by atoms with Crippen molar-refractivity contribution >= 4 is 0 Å². The molecule has 16 heavy (non-hydrogen) atoms. The molecule has 90 valence electrons. The molecule has 1 unspecified atom stereocenters. The predicted molar refractivity (Wildman–Crippen MR) is 66.3 cm³/mol. The van der Waals surface area contributed by atoms with Crippen molar-refractivity contribution in [3.05, 3.63) is 18.2 Å². The summed E-state index contributed by atoms with van der Waals surface area (Å²) in [4.78, 5) is 4.33. The van der Waals surface area contributed by atoms with Gasteiger partial charge in [0.15, 0.2) is 0 Å². The first-order chi connectivity index (χ1) is 7.57. The van der Waals surface area contributed by atoms with E-state index < -0.39 is 0 Å². The Labute approximate surface area is 98.3 Å². The maximum Gasteiger partial charge on any atom is 0.109 e. The summed E-state index contributed by atoms with van der Waals surface area (Å²) in [6.07, 6.45) is 8.90. The molecule has 0 spiro atoms. The van der Waals surface area contributed by atoms with Gasteiger partial charge in [-0.15, -0.1) is 0 Å². The van der Waals surface area contributed by atoms with Gasteiger partial charge in [-0.05, 0) is 24.7 Å². The maximum absolute atomic E-state index is 4.33. The van der Waals surface area contributed by atoms with Gasteiger partial charge in [-0.2, -0.15) is 0 Å². The number of imidazole rings is 1. The van der Waals surface area contributed by atoms with Crippen LogP contribution >= 0.6 is 0 Å². The number of hydrogen-bond donors (Lipinski definition) is 1. The largest absolute Gasteiger partial charge is 0.338 e. The smallest absolute Gasteiger partial charge is 0.109 e. The topological polar surface area (TPSA) is 29.9 Å². The fourth-order valence-electron chi connectivity index (χ4n) is 2.64. The maximum atomic E-state index is 4.33. The number of aryl methyl sites for hydroxylation is 1. The second kappa shape index (κ2) is 4.58. The molecule has 0 bridgehead atoms. The molecule has 3 nitrogen and oxygen atoms in total. The standard InChI is InChI=1S/C13H23N3/c1-13(2)6-4-11(10-13)14-7-5-12-15-8-9-16(12)3/h8-9,11,14H,4-7,10H2,1-3H3. The molecule has 0 saturated heterocycles. The number of nitrogens with zero attached hydrogens (tertiary/aromatic N) is 2. The van der Waals surface area contributed by atoms with Crippen LogP contribution in [0.1, 0.15) is 38.9 Å². The van der Waals surface area contributed by atoms with E-state index in [4.69, 9.17) is 0 Å². The highest BCUT2D eigenvalue weighted by Gasteiger charge is 2.30. The first kappa shape index (κ1) is 11.6. The van der Waals surface area contributed by atoms with Crippen LogP contribution in [0.3, 0.4) is 0 Å². The van der Waals surface area contributed by atoms with E-state index in [0.29, 0.717) is 5.41 Å². The summed E-state index contributed by atoms with van der Waals surface area (Å²) < 4.78 is 2.10. The molecule has 0 radical (unpaired) electrons. The minimum atomic E-state index is 0.543. The summed E-state index contributed by atoms with van der Waals surface area (Å²) in [5.41, 5.74) is 0.543. The first-order valence-corrected chi connectivity index (χ1v) is 6.26. The number of aromatic nitrogens is 2. The van der Waals surface area contributed by atoms with Gasteiger partial charge in [-0.3, -0.25) is 0 Å². The molecule has 1 aliphatic rings. The van der Waals surface area contributed by atoms with Crippen LogP contribution in [0.5, 0.6) is 0 Å². The zero-order valence-corrected chi connectivity index (χ0v) is 10.7. The van der Waals surface area contributed by atoms with Crippen LogP contribution < -0.4 is 5.32 Å². The number of nitrogens with one attached hydrogen (secondary N) is 1. The molecule has 1 heterocycles. The third-order valence-corrected chi connectivity index (χ3v) is 3.67. The molecule has 1 N–H and O–H groups in total. The quantitative estimate of drug-likeness (QED) is 0.844. The van der Waals surface area contributed by atoms with E-state index >= 15 is 0 Å². The van der Waals surface area contributed by atoms with Gasteiger partial charge >= 0.3 is 0 Å². The van der Waals surface area contributed by atoms with Gasteiger partial charge in [0.25, 0.3) is 0 Å². The zero-order valence-electron chi connectivity index (χ0n) is 10.7. The van der Waals surface area contributed by atoms with E-state index in [0.717, 1.165) is 19.0 Å². The van der Waals surface area contributed by atoms with Crippen molar-refractivity contribution in [2.45, 2.75) is 45.6 Å². The lowest BCUT2D eigenvalue weighted by Gasteiger charge is -2.17. The van der Waals surface area contributed by atoms with Crippen LogP contribution in [-0.2, 0) is 13.5 Å². The average Bonchev–Trinajstić information content (AvgIpc) is 2.74. The molecule has 1 saturated carbocycles. The van der Waals surface area contributed by atoms with Gasteiger partial charge in [0.1, 0.15) is 5.82 Å². The molecule has 0 aromatic carbocycles. The van der Waals surface area contributed by atoms with E-state index in [9.17, 15) is 0 Å². The lowest BCUT2D eigenvalue weighted by atomic mass is 9.92. The summed E-state index contributed by atoms with van der Waals surface area (Å²) in [6, 6.07) is 0.718. The van der Waals surface area contributed by atoms with Gasteiger partial charge in [0, 0.05) is 38.4 Å². The van der Waals surface area contributed by atoms with Gasteiger partial charge in [-0.1, -0.05) is 13.8 Å². The summed E-state index contributed by atoms with van der Waals surface area (Å²) in [5.74, 6) is 1.17. The Bertz CT molecular complexity index is 341. The monoisotopic (exact) mass is 221 g/mol. The second-order valence-corrected chi connectivity index (χ2v) is 5.76. The Morgan fingerprint density at radius 1 is 1.56 bits per heavy atom. The fraction of sp³-hybridized carbons (Fsp3) is 0.769. The molecular weight excluding hydrogens is 198 g/mol. The van der Waals surface area contributed by atoms with E-state index in [1.807, 2.05) is 12.4 Å². The van der Waals surface area contributed by atoms with Crippen LogP contribution in [0.25, 0.3) is 0 Å². The van der Waals surface area contributed by atoms with Gasteiger partial charge in [0.2, 0.25) is 0 Å². The molecule has 2 rings (SSSR count). The highest BCUT2D eigenvalue weighted by atomic mass is 15.0. The number of rotatable bonds is 4. The Morgan fingerprint density at radius 3 is 2.94 bits per heavy atom. The van der Waals surface area contributed by atoms with Gasteiger partial charge in [-0.25, -0.2) is 4.98 Å². The highest BCUT2D eigenvalue weighted by Crippen LogP contribution is 2.36. The third-order valence-electron chi connectivity index (χ3n) is 3.67. The fourth-order valence-corrected chi connectivity index (χ4v) is 2.64. The van der Waals surface area contributed by atoms with E-state index in [1.54, 1.807) is 0 Å². The van der Waals surface area contributed by atoms with Gasteiger partial charge in [0.05, 0.1) is 0 Å². The van der Waals surface area contributed by atoms with E-state index in [-0.39, 0.29) is 0 Å². The Kier molecular flexibility index (Phi) is 3.33. The average molecular weight is 221 g/mol. The number of hydrogen-bond acceptors (Lipinski definition) is 2. The summed E-state index contributed by atoms with van der Waals surface area (Å²) in [6.45, 7) is 5.78. The third kappa shape index (κ3) is 2.85. The van der Waals surface area contributed by atoms with Crippen molar-refractivity contribution in [3.63, 3.8) is 0 Å². The Hall–Kier alpha value is -0.830. The van der Waals surface area contributed by atoms with E-state index in [2.05, 4.69) is 35.8 Å². The summed E-state index contributed by atoms with van der Waals surface area (Å²) >= 11 is 0. The Morgan fingerprint density at radius 2 is 2.38 bits per heavy atom. The molecule has 0 aliphatic heterocycles. The summed E-state index contributed by atoms with van der Waals surface area (Å²) in [5, 5.41) is 3.65. The van der Waals surface area contributed by atoms with Crippen molar-refractivity contribution in [2.24, 2.45) is 12.5 Å². The highest BCUT2D eigenvalue weighted by molar-refractivity contribution is 4.92. The second-order valence-electron chi connectivity index (χ2n) is 5.76. The first-order valence-electron chi connectivity index (χ1n) is 6.26. The molecule has 1 fully saturated rings. The lowest BCUT2D eigenvalue weighted by Crippen LogP contribution is -2.29. The molecule has 1 aromatic heterocycles. The normalized spacial score (nSPS) is 23.8. The van der Waals surface area contributed by atoms with E-state index in [1.165, 1.54) is 25.1 Å². The van der Waals surface area contributed by atoms with Gasteiger partial charge < -0.3 is 9.88 Å². The molecule has 1 aliphatic carbocycles. The minimum absolute atomic E-state index is 0.543. The lowest BCUT2D eigenvalue weighted by molar-refractivity contribution is 0.364. The molecular formula is C13H23N3. The molecule has 3 heteroatoms. The van der Waals surface area contributed by atoms with Crippen LogP contribution in [0.2, 0.25) is 0 Å². The van der Waals surface area contributed by atoms with Crippen molar-refractivity contribution in [1.82, 2.24) is 14.9 Å². The van der Waals surface area contributed by atoms with Crippen LogP contribution in [0.4, 0.5) is 0 Å². The predicted octanol–water partition coefficient (Wildman–Crippen LogP) is 2.13. The Balaban J connectivity index is 1.71. The molecule has 1 atom stereocenters. The van der Waals surface area contributed by atoms with Crippen LogP contribution in [-0.4, -0.2) is 22.1 Å². The van der Waals surface area contributed by atoms with Crippen molar-refractivity contribution < 1.29 is 0 Å². The van der Waals surface area contributed by atoms with Crippen molar-refractivity contribution in [2.75, 3.05) is 6.54 Å². The van der Waals surface area contributed by atoms with Crippen molar-refractivity contribution in [1.29, 1.82) is 0 Å². The van der Waals surface area contributed by atoms with Crippen LogP contribution in [0, 0.1) is 5.41 Å². The molecule has 0 amide bonds. The minimum Gasteiger partial charge on any atom is -0.338 e. The summed E-state index contributed by atoms with van der Waals surface area (Å²) in [7, 11) is 2.06. The van der Waals surface area contributed by atoms with Crippen LogP contribution in [0.15, 0.2) is 12.4 Å². The van der Waals surface area contributed by atoms with Crippen molar-refractivity contribution in [3.8, 4) is 0 Å². The zero-order chi connectivity index (χ0) is 11.6. The molecule has 1 aromatic rings.